The van der Waals surface area contributed by atoms with Crippen LogP contribution in [-0.4, -0.2) is 44.2 Å². The lowest BCUT2D eigenvalue weighted by molar-refractivity contribution is 0.282. The van der Waals surface area contributed by atoms with Crippen LogP contribution in [0.4, 0.5) is 0 Å². The Balaban J connectivity index is 3.69. The molecule has 16 heavy (non-hydrogen) atoms. The van der Waals surface area contributed by atoms with Gasteiger partial charge < -0.3 is 16.0 Å². The zero-order chi connectivity index (χ0) is 12.1. The highest BCUT2D eigenvalue weighted by Crippen LogP contribution is 1.85. The van der Waals surface area contributed by atoms with E-state index in [2.05, 4.69) is 40.6 Å². The maximum Gasteiger partial charge on any atom is 0.0269 e. The third kappa shape index (κ3) is 9.15. The van der Waals surface area contributed by atoms with Gasteiger partial charge in [0.2, 0.25) is 0 Å². The van der Waals surface area contributed by atoms with Crippen LogP contribution in [0, 0.1) is 0 Å². The second kappa shape index (κ2) is 11.7. The van der Waals surface area contributed by atoms with Crippen molar-refractivity contribution in [1.29, 1.82) is 0 Å². The zero-order valence-electron chi connectivity index (χ0n) is 10.0. The smallest absolute Gasteiger partial charge is 0.0269 e. The van der Waals surface area contributed by atoms with Crippen molar-refractivity contribution in [2.45, 2.75) is 0 Å². The number of hydrogen-bond donors (Lipinski definition) is 3. The standard InChI is InChI=1S/C12H24N4/c1-4-13-7-10-16(11-8-14-5-2)12-9-15-6-3/h4-6,13-15H,1-3,7-12H2. The van der Waals surface area contributed by atoms with E-state index in [1.165, 1.54) is 0 Å². The Morgan fingerprint density at radius 2 is 1.00 bits per heavy atom. The second-order valence-electron chi connectivity index (χ2n) is 3.32. The SMILES string of the molecule is C=CNCCN(CCNC=C)CCNC=C. The van der Waals surface area contributed by atoms with E-state index in [1.54, 1.807) is 18.6 Å². The average Bonchev–Trinajstić information content (AvgIpc) is 2.29. The molecule has 92 valence electrons. The molecule has 0 rings (SSSR count). The van der Waals surface area contributed by atoms with Crippen LogP contribution in [0.3, 0.4) is 0 Å². The Morgan fingerprint density at radius 3 is 1.25 bits per heavy atom. The summed E-state index contributed by atoms with van der Waals surface area (Å²) >= 11 is 0. The van der Waals surface area contributed by atoms with E-state index in [0.717, 1.165) is 39.3 Å². The average molecular weight is 224 g/mol. The summed E-state index contributed by atoms with van der Waals surface area (Å²) in [4.78, 5) is 2.36. The molecule has 0 aromatic heterocycles. The van der Waals surface area contributed by atoms with Crippen LogP contribution in [0.15, 0.2) is 38.3 Å². The fraction of sp³-hybridized carbons (Fsp3) is 0.500. The molecule has 0 atom stereocenters. The largest absolute Gasteiger partial charge is 0.390 e. The molecule has 0 aliphatic rings. The van der Waals surface area contributed by atoms with Gasteiger partial charge in [-0.3, -0.25) is 4.90 Å². The number of nitrogens with zero attached hydrogens (tertiary/aromatic N) is 1. The molecule has 0 radical (unpaired) electrons. The van der Waals surface area contributed by atoms with Crippen LogP contribution in [0.25, 0.3) is 0 Å². The fourth-order valence-electron chi connectivity index (χ4n) is 1.31. The van der Waals surface area contributed by atoms with Crippen molar-refractivity contribution in [3.8, 4) is 0 Å². The molecule has 0 unspecified atom stereocenters. The van der Waals surface area contributed by atoms with E-state index in [1.807, 2.05) is 0 Å². The monoisotopic (exact) mass is 224 g/mol. The van der Waals surface area contributed by atoms with E-state index in [-0.39, 0.29) is 0 Å². The summed E-state index contributed by atoms with van der Waals surface area (Å²) in [5, 5.41) is 9.30. The van der Waals surface area contributed by atoms with E-state index >= 15 is 0 Å². The Morgan fingerprint density at radius 1 is 0.688 bits per heavy atom. The summed E-state index contributed by atoms with van der Waals surface area (Å²) < 4.78 is 0. The molecular formula is C12H24N4. The summed E-state index contributed by atoms with van der Waals surface area (Å²) in [5.41, 5.74) is 0. The summed E-state index contributed by atoms with van der Waals surface area (Å²) in [5.74, 6) is 0. The van der Waals surface area contributed by atoms with Gasteiger partial charge in [-0.1, -0.05) is 19.7 Å². The minimum absolute atomic E-state index is 0.922. The molecule has 0 heterocycles. The number of nitrogens with one attached hydrogen (secondary N) is 3. The van der Waals surface area contributed by atoms with Crippen LogP contribution in [0.1, 0.15) is 0 Å². The van der Waals surface area contributed by atoms with Crippen molar-refractivity contribution in [2.24, 2.45) is 0 Å². The summed E-state index contributed by atoms with van der Waals surface area (Å²) in [6, 6.07) is 0. The Bertz CT molecular complexity index is 158. The lowest BCUT2D eigenvalue weighted by atomic mass is 10.4. The van der Waals surface area contributed by atoms with Crippen molar-refractivity contribution in [2.75, 3.05) is 39.3 Å². The van der Waals surface area contributed by atoms with Gasteiger partial charge in [0, 0.05) is 39.3 Å². The Labute approximate surface area is 99.1 Å². The van der Waals surface area contributed by atoms with E-state index in [4.69, 9.17) is 0 Å². The molecule has 0 saturated carbocycles. The van der Waals surface area contributed by atoms with Gasteiger partial charge in [-0.2, -0.15) is 0 Å². The Hall–Kier alpha value is -1.42. The van der Waals surface area contributed by atoms with Crippen molar-refractivity contribution in [1.82, 2.24) is 20.9 Å². The molecule has 0 aliphatic heterocycles. The van der Waals surface area contributed by atoms with Gasteiger partial charge in [-0.05, 0) is 18.6 Å². The highest BCUT2D eigenvalue weighted by Gasteiger charge is 2.02. The zero-order valence-corrected chi connectivity index (χ0v) is 10.0. The molecular weight excluding hydrogens is 200 g/mol. The van der Waals surface area contributed by atoms with Crippen LogP contribution in [-0.2, 0) is 0 Å². The first-order valence-corrected chi connectivity index (χ1v) is 5.60. The maximum atomic E-state index is 3.63. The van der Waals surface area contributed by atoms with Crippen LogP contribution in [0.2, 0.25) is 0 Å². The summed E-state index contributed by atoms with van der Waals surface area (Å²) in [6.45, 7) is 16.7. The molecule has 0 spiro atoms. The van der Waals surface area contributed by atoms with Crippen molar-refractivity contribution in [3.63, 3.8) is 0 Å². The predicted octanol–water partition coefficient (Wildman–Crippen LogP) is 0.488. The van der Waals surface area contributed by atoms with Crippen molar-refractivity contribution in [3.05, 3.63) is 38.3 Å². The highest BCUT2D eigenvalue weighted by molar-refractivity contribution is 4.71. The lowest BCUT2D eigenvalue weighted by Crippen LogP contribution is -2.38. The Kier molecular flexibility index (Phi) is 10.6. The third-order valence-electron chi connectivity index (χ3n) is 2.15. The summed E-state index contributed by atoms with van der Waals surface area (Å²) in [6.07, 6.45) is 5.17. The van der Waals surface area contributed by atoms with Gasteiger partial charge in [0.15, 0.2) is 0 Å². The first-order chi connectivity index (χ1) is 7.85. The quantitative estimate of drug-likeness (QED) is 0.422. The fourth-order valence-corrected chi connectivity index (χ4v) is 1.31. The topological polar surface area (TPSA) is 39.3 Å². The normalized spacial score (nSPS) is 9.56. The van der Waals surface area contributed by atoms with Crippen LogP contribution >= 0.6 is 0 Å². The third-order valence-corrected chi connectivity index (χ3v) is 2.15. The van der Waals surface area contributed by atoms with E-state index in [0.29, 0.717) is 0 Å². The second-order valence-corrected chi connectivity index (χ2v) is 3.32. The van der Waals surface area contributed by atoms with Gasteiger partial charge >= 0.3 is 0 Å². The molecule has 0 bridgehead atoms. The van der Waals surface area contributed by atoms with Gasteiger partial charge in [0.1, 0.15) is 0 Å². The molecule has 4 nitrogen and oxygen atoms in total. The van der Waals surface area contributed by atoms with Gasteiger partial charge in [-0.25, -0.2) is 0 Å². The van der Waals surface area contributed by atoms with E-state index < -0.39 is 0 Å². The van der Waals surface area contributed by atoms with E-state index in [9.17, 15) is 0 Å². The molecule has 0 amide bonds. The van der Waals surface area contributed by atoms with Crippen LogP contribution < -0.4 is 16.0 Å². The molecule has 0 aromatic rings. The molecule has 0 saturated heterocycles. The van der Waals surface area contributed by atoms with Gasteiger partial charge in [0.25, 0.3) is 0 Å². The molecule has 0 aliphatic carbocycles. The molecule has 0 fully saturated rings. The summed E-state index contributed by atoms with van der Waals surface area (Å²) in [7, 11) is 0. The van der Waals surface area contributed by atoms with Crippen molar-refractivity contribution < 1.29 is 0 Å². The van der Waals surface area contributed by atoms with Gasteiger partial charge in [0.05, 0.1) is 0 Å². The minimum atomic E-state index is 0.922. The lowest BCUT2D eigenvalue weighted by Gasteiger charge is -2.22. The number of rotatable bonds is 12. The number of hydrogen-bond acceptors (Lipinski definition) is 4. The van der Waals surface area contributed by atoms with Gasteiger partial charge in [-0.15, -0.1) is 0 Å². The molecule has 3 N–H and O–H groups in total. The predicted molar refractivity (Wildman–Crippen MR) is 71.0 cm³/mol. The molecule has 4 heteroatoms. The molecule has 0 aromatic carbocycles. The minimum Gasteiger partial charge on any atom is -0.390 e. The first kappa shape index (κ1) is 14.6. The first-order valence-electron chi connectivity index (χ1n) is 5.60. The maximum absolute atomic E-state index is 3.63. The highest BCUT2D eigenvalue weighted by atomic mass is 15.2. The van der Waals surface area contributed by atoms with Crippen molar-refractivity contribution >= 4 is 0 Å². The van der Waals surface area contributed by atoms with Crippen LogP contribution in [0.5, 0.6) is 0 Å².